The first-order valence-electron chi connectivity index (χ1n) is 8.11. The van der Waals surface area contributed by atoms with Crippen LogP contribution >= 0.6 is 11.6 Å². The molecule has 0 radical (unpaired) electrons. The summed E-state index contributed by atoms with van der Waals surface area (Å²) in [5, 5.41) is -0.208. The van der Waals surface area contributed by atoms with Crippen molar-refractivity contribution in [2.45, 2.75) is 36.4 Å². The van der Waals surface area contributed by atoms with Crippen LogP contribution in [0.15, 0.2) is 23.1 Å². The van der Waals surface area contributed by atoms with Gasteiger partial charge in [-0.15, -0.1) is 0 Å². The molecule has 10 heteroatoms. The van der Waals surface area contributed by atoms with Crippen molar-refractivity contribution in [3.63, 3.8) is 0 Å². The van der Waals surface area contributed by atoms with Crippen molar-refractivity contribution >= 4 is 27.4 Å². The van der Waals surface area contributed by atoms with Crippen LogP contribution in [0.4, 0.5) is 13.2 Å². The Morgan fingerprint density at radius 3 is 2.62 bits per heavy atom. The zero-order valence-corrected chi connectivity index (χ0v) is 15.2. The fourth-order valence-corrected chi connectivity index (χ4v) is 5.54. The number of ketones is 1. The van der Waals surface area contributed by atoms with E-state index in [-0.39, 0.29) is 30.6 Å². The molecule has 2 aliphatic rings. The number of benzene rings is 1. The third-order valence-electron chi connectivity index (χ3n) is 4.76. The number of hydrogen-bond donors (Lipinski definition) is 0. The molecule has 1 aliphatic carbocycles. The second kappa shape index (κ2) is 7.10. The molecular formula is C16H17ClF3NO4S. The Kier molecular flexibility index (Phi) is 5.35. The van der Waals surface area contributed by atoms with Gasteiger partial charge in [-0.2, -0.15) is 17.5 Å². The van der Waals surface area contributed by atoms with Gasteiger partial charge in [-0.05, 0) is 31.0 Å². The Morgan fingerprint density at radius 2 is 2.00 bits per heavy atom. The van der Waals surface area contributed by atoms with Gasteiger partial charge < -0.3 is 4.74 Å². The van der Waals surface area contributed by atoms with Crippen LogP contribution in [0.5, 0.6) is 0 Å². The molecule has 3 rings (SSSR count). The third kappa shape index (κ3) is 3.62. The zero-order chi connectivity index (χ0) is 19.1. The first kappa shape index (κ1) is 19.6. The summed E-state index contributed by atoms with van der Waals surface area (Å²) in [4.78, 5) is 11.2. The molecule has 1 aromatic rings. The predicted octanol–water partition coefficient (Wildman–Crippen LogP) is 3.12. The van der Waals surface area contributed by atoms with Gasteiger partial charge in [0, 0.05) is 23.9 Å². The molecule has 1 heterocycles. The Labute approximate surface area is 154 Å². The van der Waals surface area contributed by atoms with E-state index in [1.165, 1.54) is 0 Å². The van der Waals surface area contributed by atoms with Gasteiger partial charge in [-0.1, -0.05) is 11.6 Å². The summed E-state index contributed by atoms with van der Waals surface area (Å²) >= 11 is 5.64. The van der Waals surface area contributed by atoms with Gasteiger partial charge >= 0.3 is 6.18 Å². The van der Waals surface area contributed by atoms with Crippen LogP contribution in [0.1, 0.15) is 24.8 Å². The summed E-state index contributed by atoms with van der Waals surface area (Å²) < 4.78 is 72.5. The minimum Gasteiger partial charge on any atom is -0.378 e. The zero-order valence-electron chi connectivity index (χ0n) is 13.6. The van der Waals surface area contributed by atoms with Crippen molar-refractivity contribution in [2.24, 2.45) is 5.92 Å². The number of hydrogen-bond acceptors (Lipinski definition) is 4. The maximum Gasteiger partial charge on any atom is 0.417 e. The summed E-state index contributed by atoms with van der Waals surface area (Å²) in [5.74, 6) is -0.625. The molecule has 0 spiro atoms. The molecule has 144 valence electrons. The first-order chi connectivity index (χ1) is 12.1. The topological polar surface area (TPSA) is 63.7 Å². The monoisotopic (exact) mass is 411 g/mol. The Bertz CT molecular complexity index is 812. The highest BCUT2D eigenvalue weighted by molar-refractivity contribution is 7.89. The SMILES string of the molecule is O=C1CCC[C@@H]1[C@H]1COCCN1S(=O)(=O)c1ccc(Cl)cc1C(F)(F)F. The molecule has 1 saturated carbocycles. The number of Topliss-reactive ketones (excluding diaryl/α,β-unsaturated/α-hetero) is 1. The highest BCUT2D eigenvalue weighted by atomic mass is 35.5. The summed E-state index contributed by atoms with van der Waals surface area (Å²) in [6.07, 6.45) is -3.38. The van der Waals surface area contributed by atoms with E-state index < -0.39 is 38.6 Å². The summed E-state index contributed by atoms with van der Waals surface area (Å²) in [6.45, 7) is -0.0487. The lowest BCUT2D eigenvalue weighted by Gasteiger charge is -2.37. The van der Waals surface area contributed by atoms with Crippen LogP contribution in [0, 0.1) is 5.92 Å². The van der Waals surface area contributed by atoms with Crippen molar-refractivity contribution < 1.29 is 31.1 Å². The molecule has 0 amide bonds. The van der Waals surface area contributed by atoms with Crippen LogP contribution in [-0.4, -0.2) is 44.3 Å². The number of rotatable bonds is 3. The second-order valence-corrected chi connectivity index (χ2v) is 8.66. The summed E-state index contributed by atoms with van der Waals surface area (Å²) in [5.41, 5.74) is -1.31. The number of halogens is 4. The van der Waals surface area contributed by atoms with Crippen molar-refractivity contribution in [2.75, 3.05) is 19.8 Å². The number of carbonyl (C=O) groups excluding carboxylic acids is 1. The molecular weight excluding hydrogens is 395 g/mol. The summed E-state index contributed by atoms with van der Waals surface area (Å²) in [7, 11) is -4.48. The fraction of sp³-hybridized carbons (Fsp3) is 0.562. The molecule has 1 aromatic carbocycles. The number of ether oxygens (including phenoxy) is 1. The molecule has 0 unspecified atom stereocenters. The minimum atomic E-state index is -4.88. The van der Waals surface area contributed by atoms with E-state index in [9.17, 15) is 26.4 Å². The normalized spacial score (nSPS) is 25.6. The van der Waals surface area contributed by atoms with E-state index in [2.05, 4.69) is 0 Å². The number of alkyl halides is 3. The molecule has 1 aliphatic heterocycles. The van der Waals surface area contributed by atoms with E-state index in [0.29, 0.717) is 25.3 Å². The first-order valence-corrected chi connectivity index (χ1v) is 9.93. The molecule has 0 aromatic heterocycles. The van der Waals surface area contributed by atoms with Crippen LogP contribution in [0.3, 0.4) is 0 Å². The van der Waals surface area contributed by atoms with Crippen molar-refractivity contribution in [1.29, 1.82) is 0 Å². The predicted molar refractivity (Wildman–Crippen MR) is 87.3 cm³/mol. The van der Waals surface area contributed by atoms with Gasteiger partial charge in [0.1, 0.15) is 5.78 Å². The number of nitrogens with zero attached hydrogens (tertiary/aromatic N) is 1. The molecule has 0 bridgehead atoms. The molecule has 5 nitrogen and oxygen atoms in total. The third-order valence-corrected chi connectivity index (χ3v) is 6.98. The fourth-order valence-electron chi connectivity index (χ4n) is 3.55. The van der Waals surface area contributed by atoms with Gasteiger partial charge in [0.15, 0.2) is 0 Å². The van der Waals surface area contributed by atoms with Gasteiger partial charge in [0.2, 0.25) is 10.0 Å². The van der Waals surface area contributed by atoms with Crippen LogP contribution in [0.25, 0.3) is 0 Å². The van der Waals surface area contributed by atoms with Crippen molar-refractivity contribution in [1.82, 2.24) is 4.31 Å². The Balaban J connectivity index is 2.05. The maximum atomic E-state index is 13.4. The quantitative estimate of drug-likeness (QED) is 0.766. The van der Waals surface area contributed by atoms with Crippen LogP contribution in [-0.2, 0) is 25.7 Å². The molecule has 2 atom stereocenters. The maximum absolute atomic E-state index is 13.4. The smallest absolute Gasteiger partial charge is 0.378 e. The van der Waals surface area contributed by atoms with Crippen LogP contribution < -0.4 is 0 Å². The standard InChI is InChI=1S/C16H17ClF3NO4S/c17-10-4-5-15(12(8-10)16(18,19)20)26(23,24)21-6-7-25-9-13(21)11-2-1-3-14(11)22/h4-5,8,11,13H,1-3,6-7,9H2/t11-,13-/m1/s1. The second-order valence-electron chi connectivity index (χ2n) is 6.36. The van der Waals surface area contributed by atoms with E-state index in [0.717, 1.165) is 16.4 Å². The lowest BCUT2D eigenvalue weighted by Crippen LogP contribution is -2.53. The number of carbonyl (C=O) groups is 1. The Hall–Kier alpha value is -1.16. The summed E-state index contributed by atoms with van der Waals surface area (Å²) in [6, 6.07) is 1.79. The minimum absolute atomic E-state index is 0.00935. The largest absolute Gasteiger partial charge is 0.417 e. The van der Waals surface area contributed by atoms with Crippen molar-refractivity contribution in [3.05, 3.63) is 28.8 Å². The van der Waals surface area contributed by atoms with Crippen LogP contribution in [0.2, 0.25) is 5.02 Å². The molecule has 2 fully saturated rings. The lowest BCUT2D eigenvalue weighted by atomic mass is 9.97. The highest BCUT2D eigenvalue weighted by Gasteiger charge is 2.45. The Morgan fingerprint density at radius 1 is 1.27 bits per heavy atom. The number of sulfonamides is 1. The van der Waals surface area contributed by atoms with E-state index in [1.54, 1.807) is 0 Å². The molecule has 1 saturated heterocycles. The average Bonchev–Trinajstić information content (AvgIpc) is 2.99. The van der Waals surface area contributed by atoms with Gasteiger partial charge in [0.05, 0.1) is 29.7 Å². The van der Waals surface area contributed by atoms with Gasteiger partial charge in [-0.25, -0.2) is 8.42 Å². The van der Waals surface area contributed by atoms with E-state index in [1.807, 2.05) is 0 Å². The lowest BCUT2D eigenvalue weighted by molar-refractivity contribution is -0.140. The van der Waals surface area contributed by atoms with Gasteiger partial charge in [-0.3, -0.25) is 4.79 Å². The molecule has 0 N–H and O–H groups in total. The van der Waals surface area contributed by atoms with E-state index >= 15 is 0 Å². The van der Waals surface area contributed by atoms with Gasteiger partial charge in [0.25, 0.3) is 0 Å². The average molecular weight is 412 g/mol. The highest BCUT2D eigenvalue weighted by Crippen LogP contribution is 2.39. The molecule has 26 heavy (non-hydrogen) atoms. The number of morpholine rings is 1. The van der Waals surface area contributed by atoms with Crippen molar-refractivity contribution in [3.8, 4) is 0 Å². The van der Waals surface area contributed by atoms with E-state index in [4.69, 9.17) is 16.3 Å².